The van der Waals surface area contributed by atoms with Crippen LogP contribution >= 0.6 is 0 Å². The van der Waals surface area contributed by atoms with Gasteiger partial charge in [0.05, 0.1) is 9.60 Å². The van der Waals surface area contributed by atoms with Gasteiger partial charge in [0, 0.05) is 16.7 Å². The summed E-state index contributed by atoms with van der Waals surface area (Å²) in [5.41, 5.74) is 7.24. The summed E-state index contributed by atoms with van der Waals surface area (Å²) in [4.78, 5) is 14.7. The summed E-state index contributed by atoms with van der Waals surface area (Å²) in [5, 5.41) is 2.36. The van der Waals surface area contributed by atoms with Crippen molar-refractivity contribution < 1.29 is 9.60 Å². The number of fused-ring (bicyclic) bond motifs is 2. The molecule has 3 nitrogen and oxygen atoms in total. The minimum absolute atomic E-state index is 0.0387. The van der Waals surface area contributed by atoms with Gasteiger partial charge in [-0.05, 0) is 67.1 Å². The van der Waals surface area contributed by atoms with Gasteiger partial charge in [-0.25, -0.2) is 15.0 Å². The van der Waals surface area contributed by atoms with Crippen molar-refractivity contribution in [2.45, 2.75) is 0 Å². The molecule has 234 valence electrons. The molecule has 0 aliphatic rings. The topological polar surface area (TPSA) is 38.7 Å². The van der Waals surface area contributed by atoms with Gasteiger partial charge in [-0.2, -0.15) is 0 Å². The lowest BCUT2D eigenvalue weighted by Crippen LogP contribution is -2.00. The molecule has 0 bridgehead atoms. The molecule has 8 aromatic carbocycles. The Balaban J connectivity index is 1.10. The number of benzene rings is 8. The molecule has 0 radical (unpaired) electrons. The maximum atomic E-state index is 8.77. The molecule has 0 saturated carbocycles. The average molecular weight is 645 g/mol. The Bertz CT molecular complexity index is 3020. The van der Waals surface area contributed by atoms with Crippen LogP contribution < -0.4 is 0 Å². The fourth-order valence-electron chi connectivity index (χ4n) is 6.23. The van der Waals surface area contributed by atoms with Gasteiger partial charge in [0.1, 0.15) is 0 Å². The molecule has 0 fully saturated rings. The van der Waals surface area contributed by atoms with Gasteiger partial charge >= 0.3 is 0 Å². The maximum absolute atomic E-state index is 8.77. The van der Waals surface area contributed by atoms with Crippen molar-refractivity contribution in [2.75, 3.05) is 0 Å². The summed E-state index contributed by atoms with van der Waals surface area (Å²) in [7, 11) is 0. The Labute approximate surface area is 301 Å². The highest BCUT2D eigenvalue weighted by Crippen LogP contribution is 2.33. The smallest absolute Gasteiger partial charge is 0.164 e. The molecule has 0 saturated heterocycles. The molecule has 3 heteroatoms. The first-order valence-corrected chi connectivity index (χ1v) is 16.3. The van der Waals surface area contributed by atoms with Crippen LogP contribution in [0.15, 0.2) is 188 Å². The van der Waals surface area contributed by atoms with Crippen molar-refractivity contribution >= 4 is 21.5 Å². The van der Waals surface area contributed by atoms with Gasteiger partial charge in [-0.3, -0.25) is 0 Å². The second kappa shape index (κ2) is 12.7. The lowest BCUT2D eigenvalue weighted by Gasteiger charge is -2.11. The Morgan fingerprint density at radius 2 is 0.840 bits per heavy atom. The molecule has 1 heterocycles. The summed E-state index contributed by atoms with van der Waals surface area (Å²) in [6.07, 6.45) is 0. The molecule has 0 N–H and O–H groups in total. The van der Waals surface area contributed by atoms with Crippen LogP contribution in [0, 0.1) is 0 Å². The van der Waals surface area contributed by atoms with Crippen LogP contribution in [0.1, 0.15) is 9.60 Å². The van der Waals surface area contributed by atoms with Crippen molar-refractivity contribution in [1.29, 1.82) is 0 Å². The van der Waals surface area contributed by atoms with E-state index in [1.54, 1.807) is 24.3 Å². The third-order valence-electron chi connectivity index (χ3n) is 8.83. The van der Waals surface area contributed by atoms with Crippen molar-refractivity contribution in [3.63, 3.8) is 0 Å². The van der Waals surface area contributed by atoms with Crippen LogP contribution in [0.4, 0.5) is 0 Å². The second-order valence-electron chi connectivity index (χ2n) is 12.0. The highest BCUT2D eigenvalue weighted by Gasteiger charge is 2.14. The Kier molecular flexibility index (Phi) is 5.80. The molecule has 0 atom stereocenters. The van der Waals surface area contributed by atoms with Crippen LogP contribution in [0.3, 0.4) is 0 Å². The highest BCUT2D eigenvalue weighted by atomic mass is 15.0. The summed E-state index contributed by atoms with van der Waals surface area (Å²) in [6, 6.07) is 45.3. The first kappa shape index (κ1) is 22.8. The molecule has 0 unspecified atom stereocenters. The lowest BCUT2D eigenvalue weighted by atomic mass is 9.97. The molecule has 1 aromatic heterocycles. The number of hydrogen-bond donors (Lipinski definition) is 0. The molecule has 0 aliphatic heterocycles. The van der Waals surface area contributed by atoms with E-state index in [0.29, 0.717) is 28.6 Å². The first-order valence-electron chi connectivity index (χ1n) is 19.8. The van der Waals surface area contributed by atoms with Gasteiger partial charge in [0.2, 0.25) is 0 Å². The van der Waals surface area contributed by atoms with Crippen LogP contribution in [0.2, 0.25) is 0 Å². The summed E-state index contributed by atoms with van der Waals surface area (Å²) >= 11 is 0. The minimum atomic E-state index is -0.486. The highest BCUT2D eigenvalue weighted by molar-refractivity contribution is 5.97. The fourth-order valence-corrected chi connectivity index (χ4v) is 6.23. The number of rotatable bonds is 6. The van der Waals surface area contributed by atoms with E-state index < -0.39 is 30.2 Å². The number of nitrogens with zero attached hydrogens (tertiary/aromatic N) is 3. The molecule has 9 aromatic rings. The second-order valence-corrected chi connectivity index (χ2v) is 12.0. The van der Waals surface area contributed by atoms with E-state index in [4.69, 9.17) is 24.5 Å². The largest absolute Gasteiger partial charge is 0.208 e. The monoisotopic (exact) mass is 644 g/mol. The van der Waals surface area contributed by atoms with E-state index in [1.807, 2.05) is 48.5 Å². The lowest BCUT2D eigenvalue weighted by molar-refractivity contribution is 1.07. The summed E-state index contributed by atoms with van der Waals surface area (Å²) in [6.45, 7) is 0. The Morgan fingerprint density at radius 1 is 0.320 bits per heavy atom. The Morgan fingerprint density at radius 3 is 1.60 bits per heavy atom. The van der Waals surface area contributed by atoms with E-state index in [-0.39, 0.29) is 28.4 Å². The third kappa shape index (κ3) is 5.72. The molecule has 0 amide bonds. The van der Waals surface area contributed by atoms with Crippen LogP contribution in [-0.4, -0.2) is 15.0 Å². The van der Waals surface area contributed by atoms with Gasteiger partial charge < -0.3 is 0 Å². The van der Waals surface area contributed by atoms with Crippen molar-refractivity contribution in [3.05, 3.63) is 188 Å². The predicted octanol–water partition coefficient (Wildman–Crippen LogP) is 12.2. The molecule has 0 spiro atoms. The van der Waals surface area contributed by atoms with E-state index in [1.165, 1.54) is 10.8 Å². The molecule has 0 aliphatic carbocycles. The molecule has 50 heavy (non-hydrogen) atoms. The average Bonchev–Trinajstić information content (AvgIpc) is 3.27. The van der Waals surface area contributed by atoms with E-state index in [0.717, 1.165) is 33.4 Å². The van der Waals surface area contributed by atoms with Crippen molar-refractivity contribution in [1.82, 2.24) is 15.0 Å². The van der Waals surface area contributed by atoms with Gasteiger partial charge in [-0.15, -0.1) is 0 Å². The van der Waals surface area contributed by atoms with Crippen LogP contribution in [-0.2, 0) is 0 Å². The normalized spacial score (nSPS) is 13.2. The summed E-state index contributed by atoms with van der Waals surface area (Å²) < 4.78 is 59.3. The third-order valence-corrected chi connectivity index (χ3v) is 8.83. The predicted molar refractivity (Wildman–Crippen MR) is 207 cm³/mol. The van der Waals surface area contributed by atoms with Crippen molar-refractivity contribution in [3.8, 4) is 67.5 Å². The van der Waals surface area contributed by atoms with Crippen molar-refractivity contribution in [2.24, 2.45) is 0 Å². The van der Waals surface area contributed by atoms with Crippen LogP contribution in [0.25, 0.3) is 89.1 Å². The Hall–Kier alpha value is -6.71. The van der Waals surface area contributed by atoms with Gasteiger partial charge in [0.25, 0.3) is 0 Å². The first-order chi connectivity index (χ1) is 27.7. The quantitative estimate of drug-likeness (QED) is 0.181. The zero-order valence-electron chi connectivity index (χ0n) is 33.7. The van der Waals surface area contributed by atoms with Gasteiger partial charge in [-0.1, -0.05) is 176 Å². The molecule has 9 rings (SSSR count). The van der Waals surface area contributed by atoms with Crippen LogP contribution in [0.5, 0.6) is 0 Å². The van der Waals surface area contributed by atoms with E-state index >= 15 is 0 Å². The van der Waals surface area contributed by atoms with Gasteiger partial charge in [0.15, 0.2) is 17.5 Å². The maximum Gasteiger partial charge on any atom is 0.164 e. The molecular formula is C47H31N3. The SMILES string of the molecule is [2H]c1c([2H])c([2H])c2c(-c3ccc(-c4nc(-c5ccccc5)nc(-c5cccc(-c6ccc(-c7ccc8ccccc8c7)cc6)c5)n4)cc3)c([2H])c([2H])c([2H])c2c1[2H]. The fraction of sp³-hybridized carbons (Fsp3) is 0. The zero-order chi connectivity index (χ0) is 39.4. The van der Waals surface area contributed by atoms with E-state index in [2.05, 4.69) is 72.8 Å². The molecular weight excluding hydrogens is 607 g/mol. The zero-order valence-corrected chi connectivity index (χ0v) is 26.7. The summed E-state index contributed by atoms with van der Waals surface area (Å²) in [5.74, 6) is 1.39. The minimum Gasteiger partial charge on any atom is -0.208 e. The standard InChI is InChI=1S/C47H31N3/c1-2-12-37(13-3-1)45-48-46(38-27-25-36(26-28-38)44-19-9-15-35-11-6-7-18-43(35)44)50-47(49-45)42-17-8-16-40(31-42)33-20-22-34(23-21-33)41-29-24-32-10-4-5-14-39(32)30-41/h1-31H/i6D,7D,9D,11D,15D,18D,19D. The van der Waals surface area contributed by atoms with E-state index in [9.17, 15) is 0 Å². The number of aromatic nitrogens is 3. The number of hydrogen-bond acceptors (Lipinski definition) is 3.